The highest BCUT2D eigenvalue weighted by Gasteiger charge is 2.37. The van der Waals surface area contributed by atoms with Crippen LogP contribution in [0, 0.1) is 11.7 Å². The molecular formula is C22H26FN3O2. The molecule has 1 saturated carbocycles. The predicted molar refractivity (Wildman–Crippen MR) is 109 cm³/mol. The molecule has 0 saturated heterocycles. The summed E-state index contributed by atoms with van der Waals surface area (Å²) in [5, 5.41) is 8.75. The van der Waals surface area contributed by atoms with E-state index in [2.05, 4.69) is 16.0 Å². The summed E-state index contributed by atoms with van der Waals surface area (Å²) in [6.07, 6.45) is 3.68. The highest BCUT2D eigenvalue weighted by atomic mass is 19.1. The van der Waals surface area contributed by atoms with Crippen LogP contribution in [-0.2, 0) is 10.3 Å². The standard InChI is InChI=1S/C22H26FN3O2/c1-15(2)20(27)24-18-9-11-19(12-10-18)25-21(28)26-22(13-3-4-14-22)16-5-7-17(23)8-6-16/h5-12,15H,3-4,13-14H2,1-2H3,(H,24,27)(H2,25,26,28). The third-order valence-electron chi connectivity index (χ3n) is 5.14. The zero-order valence-electron chi connectivity index (χ0n) is 16.2. The fourth-order valence-electron chi connectivity index (χ4n) is 3.54. The summed E-state index contributed by atoms with van der Waals surface area (Å²) in [7, 11) is 0. The van der Waals surface area contributed by atoms with Crippen molar-refractivity contribution in [2.24, 2.45) is 5.92 Å². The van der Waals surface area contributed by atoms with Crippen LogP contribution in [0.3, 0.4) is 0 Å². The number of anilines is 2. The molecule has 3 amide bonds. The van der Waals surface area contributed by atoms with Crippen LogP contribution in [0.2, 0.25) is 0 Å². The SMILES string of the molecule is CC(C)C(=O)Nc1ccc(NC(=O)NC2(c3ccc(F)cc3)CCCC2)cc1. The minimum atomic E-state index is -0.469. The first-order valence-corrected chi connectivity index (χ1v) is 9.64. The van der Waals surface area contributed by atoms with Gasteiger partial charge in [-0.2, -0.15) is 0 Å². The molecule has 3 rings (SSSR count). The Kier molecular flexibility index (Phi) is 5.97. The number of carbonyl (C=O) groups excluding carboxylic acids is 2. The summed E-state index contributed by atoms with van der Waals surface area (Å²) in [6.45, 7) is 3.66. The average molecular weight is 383 g/mol. The summed E-state index contributed by atoms with van der Waals surface area (Å²) >= 11 is 0. The first-order chi connectivity index (χ1) is 13.4. The zero-order valence-corrected chi connectivity index (χ0v) is 16.2. The molecule has 1 aliphatic rings. The Labute approximate surface area is 164 Å². The largest absolute Gasteiger partial charge is 0.328 e. The molecule has 0 atom stereocenters. The lowest BCUT2D eigenvalue weighted by Gasteiger charge is -2.31. The summed E-state index contributed by atoms with van der Waals surface area (Å²) < 4.78 is 13.3. The quantitative estimate of drug-likeness (QED) is 0.679. The monoisotopic (exact) mass is 383 g/mol. The van der Waals surface area contributed by atoms with Crippen molar-refractivity contribution in [2.45, 2.75) is 45.1 Å². The van der Waals surface area contributed by atoms with Crippen LogP contribution in [0.5, 0.6) is 0 Å². The van der Waals surface area contributed by atoms with E-state index < -0.39 is 5.54 Å². The van der Waals surface area contributed by atoms with Crippen molar-refractivity contribution < 1.29 is 14.0 Å². The van der Waals surface area contributed by atoms with Gasteiger partial charge in [0, 0.05) is 17.3 Å². The summed E-state index contributed by atoms with van der Waals surface area (Å²) in [5.74, 6) is -0.440. The van der Waals surface area contributed by atoms with Gasteiger partial charge in [0.1, 0.15) is 5.82 Å². The van der Waals surface area contributed by atoms with Crippen molar-refractivity contribution in [2.75, 3.05) is 10.6 Å². The summed E-state index contributed by atoms with van der Waals surface area (Å²) in [4.78, 5) is 24.3. The van der Waals surface area contributed by atoms with Crippen LogP contribution in [-0.4, -0.2) is 11.9 Å². The number of amides is 3. The molecule has 3 N–H and O–H groups in total. The van der Waals surface area contributed by atoms with E-state index in [1.165, 1.54) is 12.1 Å². The molecule has 0 bridgehead atoms. The maximum Gasteiger partial charge on any atom is 0.319 e. The van der Waals surface area contributed by atoms with E-state index in [0.29, 0.717) is 11.4 Å². The van der Waals surface area contributed by atoms with Gasteiger partial charge in [0.05, 0.1) is 5.54 Å². The predicted octanol–water partition coefficient (Wildman–Crippen LogP) is 5.01. The Morgan fingerprint density at radius 3 is 1.96 bits per heavy atom. The van der Waals surface area contributed by atoms with Crippen LogP contribution in [0.25, 0.3) is 0 Å². The zero-order chi connectivity index (χ0) is 20.1. The van der Waals surface area contributed by atoms with E-state index in [1.54, 1.807) is 36.4 Å². The number of rotatable bonds is 5. The molecule has 148 valence electrons. The molecule has 0 aliphatic heterocycles. The van der Waals surface area contributed by atoms with Gasteiger partial charge in [-0.3, -0.25) is 4.79 Å². The van der Waals surface area contributed by atoms with Crippen molar-refractivity contribution in [1.82, 2.24) is 5.32 Å². The van der Waals surface area contributed by atoms with Gasteiger partial charge < -0.3 is 16.0 Å². The molecule has 0 unspecified atom stereocenters. The number of halogens is 1. The van der Waals surface area contributed by atoms with Gasteiger partial charge in [0.15, 0.2) is 0 Å². The average Bonchev–Trinajstić information content (AvgIpc) is 3.13. The highest BCUT2D eigenvalue weighted by Crippen LogP contribution is 2.38. The molecular weight excluding hydrogens is 357 g/mol. The number of hydrogen-bond acceptors (Lipinski definition) is 2. The molecule has 2 aromatic carbocycles. The van der Waals surface area contributed by atoms with Gasteiger partial charge in [-0.05, 0) is 54.8 Å². The lowest BCUT2D eigenvalue weighted by molar-refractivity contribution is -0.118. The Bertz CT molecular complexity index is 826. The Morgan fingerprint density at radius 2 is 1.43 bits per heavy atom. The van der Waals surface area contributed by atoms with E-state index in [1.807, 2.05) is 13.8 Å². The van der Waals surface area contributed by atoms with Crippen LogP contribution in [0.4, 0.5) is 20.6 Å². The van der Waals surface area contributed by atoms with Gasteiger partial charge in [0.2, 0.25) is 5.91 Å². The van der Waals surface area contributed by atoms with Crippen LogP contribution < -0.4 is 16.0 Å². The van der Waals surface area contributed by atoms with Gasteiger partial charge in [-0.15, -0.1) is 0 Å². The van der Waals surface area contributed by atoms with Gasteiger partial charge in [-0.1, -0.05) is 38.8 Å². The van der Waals surface area contributed by atoms with Crippen molar-refractivity contribution in [3.05, 3.63) is 59.9 Å². The Balaban J connectivity index is 1.65. The van der Waals surface area contributed by atoms with Gasteiger partial charge >= 0.3 is 6.03 Å². The Hall–Kier alpha value is -2.89. The molecule has 28 heavy (non-hydrogen) atoms. The fourth-order valence-corrected chi connectivity index (χ4v) is 3.54. The van der Waals surface area contributed by atoms with E-state index in [0.717, 1.165) is 31.2 Å². The highest BCUT2D eigenvalue weighted by molar-refractivity contribution is 5.93. The second-order valence-electron chi connectivity index (χ2n) is 7.60. The lowest BCUT2D eigenvalue weighted by Crippen LogP contribution is -2.45. The third-order valence-corrected chi connectivity index (χ3v) is 5.14. The van der Waals surface area contributed by atoms with Crippen LogP contribution >= 0.6 is 0 Å². The molecule has 0 heterocycles. The number of carbonyl (C=O) groups is 2. The second kappa shape index (κ2) is 8.42. The molecule has 0 radical (unpaired) electrons. The van der Waals surface area contributed by atoms with E-state index in [-0.39, 0.29) is 23.7 Å². The smallest absolute Gasteiger partial charge is 0.319 e. The summed E-state index contributed by atoms with van der Waals surface area (Å²) in [5.41, 5.74) is 1.77. The maximum atomic E-state index is 13.3. The number of urea groups is 1. The van der Waals surface area contributed by atoms with Gasteiger partial charge in [-0.25, -0.2) is 9.18 Å². The van der Waals surface area contributed by atoms with Crippen molar-refractivity contribution >= 4 is 23.3 Å². The van der Waals surface area contributed by atoms with Gasteiger partial charge in [0.25, 0.3) is 0 Å². The number of nitrogens with one attached hydrogen (secondary N) is 3. The normalized spacial score (nSPS) is 15.3. The third kappa shape index (κ3) is 4.68. The van der Waals surface area contributed by atoms with Crippen molar-refractivity contribution in [1.29, 1.82) is 0 Å². The second-order valence-corrected chi connectivity index (χ2v) is 7.60. The maximum absolute atomic E-state index is 13.3. The number of hydrogen-bond donors (Lipinski definition) is 3. The first-order valence-electron chi connectivity index (χ1n) is 9.64. The molecule has 5 nitrogen and oxygen atoms in total. The first kappa shape index (κ1) is 19.9. The molecule has 2 aromatic rings. The summed E-state index contributed by atoms with van der Waals surface area (Å²) in [6, 6.07) is 13.0. The van der Waals surface area contributed by atoms with E-state index >= 15 is 0 Å². The topological polar surface area (TPSA) is 70.2 Å². The van der Waals surface area contributed by atoms with Crippen LogP contribution in [0.15, 0.2) is 48.5 Å². The van der Waals surface area contributed by atoms with Crippen molar-refractivity contribution in [3.63, 3.8) is 0 Å². The van der Waals surface area contributed by atoms with Crippen LogP contribution in [0.1, 0.15) is 45.1 Å². The minimum absolute atomic E-state index is 0.0547. The molecule has 1 fully saturated rings. The Morgan fingerprint density at radius 1 is 0.893 bits per heavy atom. The number of benzene rings is 2. The van der Waals surface area contributed by atoms with E-state index in [9.17, 15) is 14.0 Å². The molecule has 6 heteroatoms. The molecule has 0 aromatic heterocycles. The van der Waals surface area contributed by atoms with E-state index in [4.69, 9.17) is 0 Å². The molecule has 1 aliphatic carbocycles. The lowest BCUT2D eigenvalue weighted by atomic mass is 9.88. The fraction of sp³-hybridized carbons (Fsp3) is 0.364. The molecule has 0 spiro atoms. The minimum Gasteiger partial charge on any atom is -0.328 e. The van der Waals surface area contributed by atoms with Crippen molar-refractivity contribution in [3.8, 4) is 0 Å².